The van der Waals surface area contributed by atoms with Gasteiger partial charge in [0, 0.05) is 25.7 Å². The predicted molar refractivity (Wildman–Crippen MR) is 262 cm³/mol. The van der Waals surface area contributed by atoms with Crippen LogP contribution in [0, 0.1) is 0 Å². The van der Waals surface area contributed by atoms with Gasteiger partial charge < -0.3 is 33.8 Å². The topological polar surface area (TPSA) is 237 Å². The molecule has 0 amide bonds. The lowest BCUT2D eigenvalue weighted by molar-refractivity contribution is -0.161. The van der Waals surface area contributed by atoms with Crippen molar-refractivity contribution in [3.63, 3.8) is 0 Å². The van der Waals surface area contributed by atoms with Gasteiger partial charge in [0.25, 0.3) is 0 Å². The zero-order chi connectivity index (χ0) is 50.6. The van der Waals surface area contributed by atoms with Gasteiger partial charge in [-0.1, -0.05) is 182 Å². The van der Waals surface area contributed by atoms with E-state index < -0.39 is 97.5 Å². The molecule has 3 N–H and O–H groups in total. The van der Waals surface area contributed by atoms with Gasteiger partial charge in [0.2, 0.25) is 0 Å². The first-order valence-corrected chi connectivity index (χ1v) is 29.3. The summed E-state index contributed by atoms with van der Waals surface area (Å²) in [5.41, 5.74) is 0. The number of hydrogen-bond acceptors (Lipinski definition) is 15. The van der Waals surface area contributed by atoms with Gasteiger partial charge in [-0.25, -0.2) is 9.13 Å². The number of aliphatic hydroxyl groups excluding tert-OH is 1. The molecular formula is C49H94O17P2. The molecule has 5 atom stereocenters. The number of rotatable bonds is 50. The Labute approximate surface area is 409 Å². The van der Waals surface area contributed by atoms with Crippen LogP contribution in [0.5, 0.6) is 0 Å². The number of ether oxygens (including phenoxy) is 4. The maximum absolute atomic E-state index is 12.8. The molecule has 402 valence electrons. The summed E-state index contributed by atoms with van der Waals surface area (Å²) in [6.45, 7) is 4.59. The molecule has 0 spiro atoms. The van der Waals surface area contributed by atoms with Gasteiger partial charge in [0.05, 0.1) is 26.4 Å². The largest absolute Gasteiger partial charge is 0.472 e. The van der Waals surface area contributed by atoms with E-state index >= 15 is 0 Å². The summed E-state index contributed by atoms with van der Waals surface area (Å²) in [6, 6.07) is 0. The first-order chi connectivity index (χ1) is 32.7. The smallest absolute Gasteiger partial charge is 0.462 e. The lowest BCUT2D eigenvalue weighted by Crippen LogP contribution is -2.30. The molecule has 0 aliphatic heterocycles. The molecular weight excluding hydrogens is 922 g/mol. The number of aliphatic hydroxyl groups is 1. The van der Waals surface area contributed by atoms with E-state index in [1.165, 1.54) is 32.1 Å². The van der Waals surface area contributed by atoms with Gasteiger partial charge >= 0.3 is 39.5 Å². The van der Waals surface area contributed by atoms with Crippen LogP contribution in [0.15, 0.2) is 0 Å². The molecule has 68 heavy (non-hydrogen) atoms. The van der Waals surface area contributed by atoms with E-state index in [1.54, 1.807) is 0 Å². The SMILES string of the molecule is CCCCCCCCCCCC(=O)O[C@H](COC(=O)CCCCCCC)COP(=O)(O)OC[C@@H](O)COP(=O)(O)OC[C@@H](COC(=O)CCCCCCCCC)OC(=O)CCCCCCCCC. The van der Waals surface area contributed by atoms with Crippen LogP contribution < -0.4 is 0 Å². The third-order valence-corrected chi connectivity index (χ3v) is 13.0. The Morgan fingerprint density at radius 3 is 0.868 bits per heavy atom. The highest BCUT2D eigenvalue weighted by Crippen LogP contribution is 2.45. The van der Waals surface area contributed by atoms with Crippen LogP contribution in [0.25, 0.3) is 0 Å². The second-order valence-electron chi connectivity index (χ2n) is 17.8. The van der Waals surface area contributed by atoms with E-state index in [0.717, 1.165) is 122 Å². The summed E-state index contributed by atoms with van der Waals surface area (Å²) in [5, 5.41) is 10.4. The van der Waals surface area contributed by atoms with E-state index in [4.69, 9.17) is 37.0 Å². The molecule has 0 bridgehead atoms. The van der Waals surface area contributed by atoms with Crippen LogP contribution in [0.4, 0.5) is 0 Å². The number of esters is 4. The first kappa shape index (κ1) is 66.1. The van der Waals surface area contributed by atoms with Gasteiger partial charge in [-0.2, -0.15) is 0 Å². The summed E-state index contributed by atoms with van der Waals surface area (Å²) in [7, 11) is -9.83. The van der Waals surface area contributed by atoms with Crippen molar-refractivity contribution in [1.29, 1.82) is 0 Å². The molecule has 0 aliphatic carbocycles. The molecule has 0 heterocycles. The van der Waals surface area contributed by atoms with Crippen molar-refractivity contribution in [2.24, 2.45) is 0 Å². The van der Waals surface area contributed by atoms with Crippen molar-refractivity contribution in [3.8, 4) is 0 Å². The third-order valence-electron chi connectivity index (χ3n) is 11.1. The molecule has 0 fully saturated rings. The normalized spacial score (nSPS) is 14.6. The number of carbonyl (C=O) groups excluding carboxylic acids is 4. The number of phosphoric ester groups is 2. The highest BCUT2D eigenvalue weighted by atomic mass is 31.2. The predicted octanol–water partition coefficient (Wildman–Crippen LogP) is 12.1. The Kier molecular flexibility index (Phi) is 43.7. The summed E-state index contributed by atoms with van der Waals surface area (Å²) >= 11 is 0. The fourth-order valence-corrected chi connectivity index (χ4v) is 8.56. The van der Waals surface area contributed by atoms with Crippen molar-refractivity contribution in [3.05, 3.63) is 0 Å². The Hall–Kier alpha value is -1.94. The van der Waals surface area contributed by atoms with Crippen LogP contribution in [-0.4, -0.2) is 96.7 Å². The van der Waals surface area contributed by atoms with E-state index in [-0.39, 0.29) is 25.7 Å². The van der Waals surface area contributed by atoms with Gasteiger partial charge in [0.15, 0.2) is 12.2 Å². The molecule has 19 heteroatoms. The van der Waals surface area contributed by atoms with Crippen molar-refractivity contribution in [2.45, 2.75) is 251 Å². The molecule has 0 rings (SSSR count). The van der Waals surface area contributed by atoms with Gasteiger partial charge in [-0.15, -0.1) is 0 Å². The van der Waals surface area contributed by atoms with Crippen LogP contribution in [0.2, 0.25) is 0 Å². The summed E-state index contributed by atoms with van der Waals surface area (Å²) in [5.74, 6) is -2.18. The minimum Gasteiger partial charge on any atom is -0.462 e. The Bertz CT molecular complexity index is 1350. The van der Waals surface area contributed by atoms with Crippen LogP contribution in [0.1, 0.15) is 233 Å². The molecule has 0 aromatic heterocycles. The minimum absolute atomic E-state index is 0.103. The fourth-order valence-electron chi connectivity index (χ4n) is 6.98. The zero-order valence-corrected chi connectivity index (χ0v) is 44.3. The molecule has 0 saturated heterocycles. The van der Waals surface area contributed by atoms with Crippen molar-refractivity contribution < 1.29 is 80.2 Å². The molecule has 2 unspecified atom stereocenters. The molecule has 0 aromatic rings. The fraction of sp³-hybridized carbons (Fsp3) is 0.918. The van der Waals surface area contributed by atoms with Crippen LogP contribution in [0.3, 0.4) is 0 Å². The van der Waals surface area contributed by atoms with Crippen LogP contribution >= 0.6 is 15.6 Å². The molecule has 0 saturated carbocycles. The highest BCUT2D eigenvalue weighted by molar-refractivity contribution is 7.47. The van der Waals surface area contributed by atoms with E-state index in [1.807, 2.05) is 0 Å². The maximum atomic E-state index is 12.8. The van der Waals surface area contributed by atoms with Crippen molar-refractivity contribution >= 4 is 39.5 Å². The number of phosphoric acid groups is 2. The quantitative estimate of drug-likeness (QED) is 0.0222. The summed E-state index contributed by atoms with van der Waals surface area (Å²) in [4.78, 5) is 70.9. The number of carbonyl (C=O) groups is 4. The Balaban J connectivity index is 5.15. The lowest BCUT2D eigenvalue weighted by atomic mass is 10.1. The standard InChI is InChI=1S/C49H94O17P2/c1-5-9-13-17-20-21-24-28-32-36-49(54)66-44(39-59-46(51)33-29-25-16-12-8-4)41-63-67(55,56)61-37-43(50)38-62-68(57,58)64-42-45(65-48(53)35-31-27-23-19-15-11-7-3)40-60-47(52)34-30-26-22-18-14-10-6-2/h43-45,50H,5-42H2,1-4H3,(H,55,56)(H,57,58)/t43-,44-,45-/m1/s1. The minimum atomic E-state index is -4.92. The summed E-state index contributed by atoms with van der Waals surface area (Å²) < 4.78 is 66.9. The lowest BCUT2D eigenvalue weighted by Gasteiger charge is -2.21. The monoisotopic (exact) mass is 1020 g/mol. The van der Waals surface area contributed by atoms with Crippen molar-refractivity contribution in [2.75, 3.05) is 39.6 Å². The second kappa shape index (κ2) is 45.0. The Morgan fingerprint density at radius 2 is 0.588 bits per heavy atom. The average molecular weight is 1020 g/mol. The zero-order valence-electron chi connectivity index (χ0n) is 42.6. The molecule has 0 aromatic carbocycles. The molecule has 0 radical (unpaired) electrons. The average Bonchev–Trinajstić information content (AvgIpc) is 3.30. The van der Waals surface area contributed by atoms with E-state index in [0.29, 0.717) is 25.7 Å². The van der Waals surface area contributed by atoms with Crippen LogP contribution in [-0.2, 0) is 65.4 Å². The van der Waals surface area contributed by atoms with Crippen molar-refractivity contribution in [1.82, 2.24) is 0 Å². The van der Waals surface area contributed by atoms with Gasteiger partial charge in [-0.05, 0) is 25.7 Å². The van der Waals surface area contributed by atoms with Gasteiger partial charge in [-0.3, -0.25) is 37.3 Å². The number of hydrogen-bond donors (Lipinski definition) is 3. The Morgan fingerprint density at radius 1 is 0.353 bits per heavy atom. The number of unbranched alkanes of at least 4 members (excludes halogenated alkanes) is 24. The summed E-state index contributed by atoms with van der Waals surface area (Å²) in [6.07, 6.45) is 24.5. The van der Waals surface area contributed by atoms with Gasteiger partial charge in [0.1, 0.15) is 19.3 Å². The molecule has 17 nitrogen and oxygen atoms in total. The van der Waals surface area contributed by atoms with E-state index in [2.05, 4.69) is 27.7 Å². The maximum Gasteiger partial charge on any atom is 0.472 e. The highest BCUT2D eigenvalue weighted by Gasteiger charge is 2.30. The molecule has 0 aliphatic rings. The second-order valence-corrected chi connectivity index (χ2v) is 20.8. The first-order valence-electron chi connectivity index (χ1n) is 26.3. The van der Waals surface area contributed by atoms with E-state index in [9.17, 15) is 43.2 Å². The third kappa shape index (κ3) is 44.0.